The molecular weight excluding hydrogens is 142 g/mol. The van der Waals surface area contributed by atoms with E-state index in [9.17, 15) is 0 Å². The lowest BCUT2D eigenvalue weighted by Crippen LogP contribution is -2.22. The van der Waals surface area contributed by atoms with Crippen molar-refractivity contribution in [3.63, 3.8) is 0 Å². The molecular formula is C7H11N3O. The van der Waals surface area contributed by atoms with Crippen LogP contribution in [0.2, 0.25) is 0 Å². The molecule has 1 saturated carbocycles. The minimum atomic E-state index is 0.218. The Kier molecular flexibility index (Phi) is 1.62. The summed E-state index contributed by atoms with van der Waals surface area (Å²) in [6.45, 7) is 0. The van der Waals surface area contributed by atoms with E-state index in [4.69, 9.17) is 10.3 Å². The monoisotopic (exact) mass is 153 g/mol. The van der Waals surface area contributed by atoms with Gasteiger partial charge in [-0.1, -0.05) is 11.6 Å². The van der Waals surface area contributed by atoms with Gasteiger partial charge in [0.15, 0.2) is 6.33 Å². The van der Waals surface area contributed by atoms with Crippen molar-refractivity contribution in [1.82, 2.24) is 10.1 Å². The first kappa shape index (κ1) is 6.79. The Balaban J connectivity index is 2.16. The quantitative estimate of drug-likeness (QED) is 0.643. The van der Waals surface area contributed by atoms with E-state index in [0.29, 0.717) is 11.8 Å². The molecule has 11 heavy (non-hydrogen) atoms. The number of aromatic nitrogens is 2. The molecule has 1 aliphatic carbocycles. The summed E-state index contributed by atoms with van der Waals surface area (Å²) < 4.78 is 4.95. The third-order valence-electron chi connectivity index (χ3n) is 2.26. The van der Waals surface area contributed by atoms with Crippen LogP contribution in [0.3, 0.4) is 0 Å². The minimum absolute atomic E-state index is 0.218. The highest BCUT2D eigenvalue weighted by Gasteiger charge is 2.29. The molecule has 0 bridgehead atoms. The van der Waals surface area contributed by atoms with Gasteiger partial charge in [-0.05, 0) is 12.8 Å². The standard InChI is InChI=1S/C7H11N3O/c8-6-3-1-2-5(6)7-9-4-10-11-7/h4-6H,1-3,8H2. The summed E-state index contributed by atoms with van der Waals surface area (Å²) in [5.41, 5.74) is 5.84. The number of nitrogens with zero attached hydrogens (tertiary/aromatic N) is 2. The highest BCUT2D eigenvalue weighted by molar-refractivity contribution is 4.99. The van der Waals surface area contributed by atoms with E-state index >= 15 is 0 Å². The summed E-state index contributed by atoms with van der Waals surface area (Å²) in [5.74, 6) is 1.01. The van der Waals surface area contributed by atoms with E-state index in [2.05, 4.69) is 10.1 Å². The van der Waals surface area contributed by atoms with Crippen molar-refractivity contribution in [3.8, 4) is 0 Å². The first-order valence-electron chi connectivity index (χ1n) is 3.90. The van der Waals surface area contributed by atoms with Gasteiger partial charge in [0.25, 0.3) is 0 Å². The molecule has 2 unspecified atom stereocenters. The van der Waals surface area contributed by atoms with Crippen LogP contribution in [0.1, 0.15) is 31.1 Å². The van der Waals surface area contributed by atoms with Crippen molar-refractivity contribution < 1.29 is 4.52 Å². The Morgan fingerprint density at radius 2 is 2.45 bits per heavy atom. The van der Waals surface area contributed by atoms with Crippen molar-refractivity contribution in [2.75, 3.05) is 0 Å². The molecule has 0 amide bonds. The maximum atomic E-state index is 5.84. The molecule has 1 heterocycles. The Labute approximate surface area is 64.8 Å². The maximum absolute atomic E-state index is 5.84. The number of rotatable bonds is 1. The first-order chi connectivity index (χ1) is 5.38. The fraction of sp³-hybridized carbons (Fsp3) is 0.714. The fourth-order valence-electron chi connectivity index (χ4n) is 1.64. The van der Waals surface area contributed by atoms with Crippen LogP contribution in [-0.2, 0) is 0 Å². The van der Waals surface area contributed by atoms with Gasteiger partial charge in [0.05, 0.1) is 5.92 Å². The highest BCUT2D eigenvalue weighted by atomic mass is 16.5. The lowest BCUT2D eigenvalue weighted by Gasteiger charge is -2.08. The molecule has 1 fully saturated rings. The predicted molar refractivity (Wildman–Crippen MR) is 38.9 cm³/mol. The maximum Gasteiger partial charge on any atom is 0.231 e. The third kappa shape index (κ3) is 1.14. The van der Waals surface area contributed by atoms with Crippen LogP contribution in [0.5, 0.6) is 0 Å². The minimum Gasteiger partial charge on any atom is -0.339 e. The summed E-state index contributed by atoms with van der Waals surface area (Å²) in [6.07, 6.45) is 4.77. The summed E-state index contributed by atoms with van der Waals surface area (Å²) in [5, 5.41) is 3.56. The van der Waals surface area contributed by atoms with Crippen LogP contribution in [0.15, 0.2) is 10.9 Å². The van der Waals surface area contributed by atoms with E-state index in [1.165, 1.54) is 12.7 Å². The van der Waals surface area contributed by atoms with Crippen molar-refractivity contribution in [2.24, 2.45) is 5.73 Å². The molecule has 1 aromatic rings. The van der Waals surface area contributed by atoms with Crippen molar-refractivity contribution >= 4 is 0 Å². The average molecular weight is 153 g/mol. The zero-order valence-electron chi connectivity index (χ0n) is 6.23. The van der Waals surface area contributed by atoms with E-state index in [-0.39, 0.29) is 6.04 Å². The molecule has 4 heteroatoms. The topological polar surface area (TPSA) is 64.9 Å². The lowest BCUT2D eigenvalue weighted by atomic mass is 10.1. The van der Waals surface area contributed by atoms with Gasteiger partial charge in [0, 0.05) is 6.04 Å². The molecule has 0 radical (unpaired) electrons. The smallest absolute Gasteiger partial charge is 0.231 e. The van der Waals surface area contributed by atoms with Crippen molar-refractivity contribution in [1.29, 1.82) is 0 Å². The van der Waals surface area contributed by atoms with Gasteiger partial charge in [-0.2, -0.15) is 4.98 Å². The second-order valence-corrected chi connectivity index (χ2v) is 2.98. The molecule has 0 spiro atoms. The van der Waals surface area contributed by atoms with Gasteiger partial charge in [-0.15, -0.1) is 0 Å². The molecule has 60 valence electrons. The first-order valence-corrected chi connectivity index (χ1v) is 3.90. The van der Waals surface area contributed by atoms with Crippen LogP contribution in [0, 0.1) is 0 Å². The second kappa shape index (κ2) is 2.62. The Morgan fingerprint density at radius 1 is 1.55 bits per heavy atom. The van der Waals surface area contributed by atoms with E-state index in [1.807, 2.05) is 0 Å². The molecule has 0 saturated heterocycles. The zero-order valence-corrected chi connectivity index (χ0v) is 6.23. The van der Waals surface area contributed by atoms with Crippen LogP contribution < -0.4 is 5.73 Å². The molecule has 2 rings (SSSR count). The van der Waals surface area contributed by atoms with Crippen molar-refractivity contribution in [2.45, 2.75) is 31.2 Å². The van der Waals surface area contributed by atoms with Gasteiger partial charge in [0.1, 0.15) is 0 Å². The zero-order chi connectivity index (χ0) is 7.68. The highest BCUT2D eigenvalue weighted by Crippen LogP contribution is 2.31. The van der Waals surface area contributed by atoms with Crippen LogP contribution in [-0.4, -0.2) is 16.2 Å². The second-order valence-electron chi connectivity index (χ2n) is 2.98. The normalized spacial score (nSPS) is 31.0. The predicted octanol–water partition coefficient (Wildman–Crippen LogP) is 0.664. The molecule has 2 atom stereocenters. The van der Waals surface area contributed by atoms with Gasteiger partial charge >= 0.3 is 0 Å². The summed E-state index contributed by atoms with van der Waals surface area (Å²) in [7, 11) is 0. The fourth-order valence-corrected chi connectivity index (χ4v) is 1.64. The van der Waals surface area contributed by atoms with Crippen LogP contribution in [0.25, 0.3) is 0 Å². The average Bonchev–Trinajstić information content (AvgIpc) is 2.55. The van der Waals surface area contributed by atoms with E-state index < -0.39 is 0 Å². The van der Waals surface area contributed by atoms with E-state index in [1.54, 1.807) is 0 Å². The molecule has 1 aliphatic rings. The van der Waals surface area contributed by atoms with Crippen LogP contribution in [0.4, 0.5) is 0 Å². The molecule has 0 aliphatic heterocycles. The largest absolute Gasteiger partial charge is 0.339 e. The summed E-state index contributed by atoms with van der Waals surface area (Å²) in [6, 6.07) is 0.218. The lowest BCUT2D eigenvalue weighted by molar-refractivity contribution is 0.344. The number of hydrogen-bond donors (Lipinski definition) is 1. The Bertz CT molecular complexity index is 222. The van der Waals surface area contributed by atoms with E-state index in [0.717, 1.165) is 12.8 Å². The molecule has 4 nitrogen and oxygen atoms in total. The van der Waals surface area contributed by atoms with Crippen molar-refractivity contribution in [3.05, 3.63) is 12.2 Å². The molecule has 0 aromatic carbocycles. The molecule has 1 aromatic heterocycles. The summed E-state index contributed by atoms with van der Waals surface area (Å²) >= 11 is 0. The Hall–Kier alpha value is -0.900. The van der Waals surface area contributed by atoms with Gasteiger partial charge in [-0.25, -0.2) is 0 Å². The van der Waals surface area contributed by atoms with Gasteiger partial charge < -0.3 is 10.3 Å². The van der Waals surface area contributed by atoms with Crippen LogP contribution >= 0.6 is 0 Å². The summed E-state index contributed by atoms with van der Waals surface area (Å²) in [4.78, 5) is 3.99. The van der Waals surface area contributed by atoms with Gasteiger partial charge in [0.2, 0.25) is 5.89 Å². The SMILES string of the molecule is NC1CCCC1c1ncno1. The Morgan fingerprint density at radius 3 is 3.00 bits per heavy atom. The number of nitrogens with two attached hydrogens (primary N) is 1. The number of hydrogen-bond acceptors (Lipinski definition) is 4. The molecule has 2 N–H and O–H groups in total. The third-order valence-corrected chi connectivity index (χ3v) is 2.26. The van der Waals surface area contributed by atoms with Gasteiger partial charge in [-0.3, -0.25) is 0 Å².